The highest BCUT2D eigenvalue weighted by atomic mass is 32.2. The molecule has 23 heavy (non-hydrogen) atoms. The van der Waals surface area contributed by atoms with Gasteiger partial charge in [-0.25, -0.2) is 18.4 Å². The Morgan fingerprint density at radius 3 is 2.78 bits per heavy atom. The minimum Gasteiger partial charge on any atom is -0.324 e. The van der Waals surface area contributed by atoms with Crippen LogP contribution in [0.15, 0.2) is 36.5 Å². The van der Waals surface area contributed by atoms with Crippen LogP contribution in [0.2, 0.25) is 0 Å². The number of sulfone groups is 1. The average molecular weight is 330 g/mol. The highest BCUT2D eigenvalue weighted by Crippen LogP contribution is 2.38. The molecule has 2 aliphatic heterocycles. The Labute approximate surface area is 135 Å². The number of para-hydroxylation sites is 1. The van der Waals surface area contributed by atoms with Gasteiger partial charge in [0, 0.05) is 36.5 Å². The molecule has 0 spiro atoms. The molecule has 0 bridgehead atoms. The lowest BCUT2D eigenvalue weighted by molar-refractivity contribution is 0.410. The highest BCUT2D eigenvalue weighted by molar-refractivity contribution is 7.91. The lowest BCUT2D eigenvalue weighted by atomic mass is 10.00. The number of nitrogens with one attached hydrogen (secondary N) is 1. The molecule has 4 rings (SSSR count). The first-order valence-corrected chi connectivity index (χ1v) is 9.32. The van der Waals surface area contributed by atoms with Gasteiger partial charge in [0.2, 0.25) is 5.95 Å². The van der Waals surface area contributed by atoms with Gasteiger partial charge in [-0.2, -0.15) is 0 Å². The van der Waals surface area contributed by atoms with Crippen molar-refractivity contribution in [3.63, 3.8) is 0 Å². The van der Waals surface area contributed by atoms with Gasteiger partial charge in [0.05, 0.1) is 16.7 Å². The number of aromatic nitrogens is 2. The highest BCUT2D eigenvalue weighted by Gasteiger charge is 2.46. The Bertz CT molecular complexity index is 838. The lowest BCUT2D eigenvalue weighted by Gasteiger charge is -2.26. The van der Waals surface area contributed by atoms with Gasteiger partial charge in [0.25, 0.3) is 0 Å². The predicted molar refractivity (Wildman–Crippen MR) is 88.4 cm³/mol. The van der Waals surface area contributed by atoms with Crippen molar-refractivity contribution in [1.82, 2.24) is 14.9 Å². The Kier molecular flexibility index (Phi) is 3.35. The van der Waals surface area contributed by atoms with E-state index in [0.717, 1.165) is 23.5 Å². The topological polar surface area (TPSA) is 75.2 Å². The van der Waals surface area contributed by atoms with Crippen LogP contribution >= 0.6 is 0 Å². The van der Waals surface area contributed by atoms with E-state index in [4.69, 9.17) is 0 Å². The summed E-state index contributed by atoms with van der Waals surface area (Å²) in [5, 5.41) is 2.83. The second-order valence-corrected chi connectivity index (χ2v) is 8.49. The first-order chi connectivity index (χ1) is 11.0. The summed E-state index contributed by atoms with van der Waals surface area (Å²) in [7, 11) is -1.16. The third kappa shape index (κ3) is 2.60. The molecule has 6 nitrogen and oxygen atoms in total. The molecule has 1 fully saturated rings. The van der Waals surface area contributed by atoms with Crippen molar-refractivity contribution in [3.8, 4) is 0 Å². The van der Waals surface area contributed by atoms with Crippen LogP contribution in [0.25, 0.3) is 0 Å². The van der Waals surface area contributed by atoms with Crippen molar-refractivity contribution < 1.29 is 8.42 Å². The fourth-order valence-corrected chi connectivity index (χ4v) is 5.54. The maximum Gasteiger partial charge on any atom is 0.227 e. The van der Waals surface area contributed by atoms with Gasteiger partial charge in [-0.05, 0) is 19.2 Å². The summed E-state index contributed by atoms with van der Waals surface area (Å²) >= 11 is 0. The van der Waals surface area contributed by atoms with E-state index in [0.29, 0.717) is 12.5 Å². The molecule has 1 aromatic carbocycles. The number of anilines is 2. The summed E-state index contributed by atoms with van der Waals surface area (Å²) in [5.74, 6) is 0.499. The number of nitrogens with zero attached hydrogens (tertiary/aromatic N) is 3. The molecule has 1 saturated heterocycles. The van der Waals surface area contributed by atoms with Crippen molar-refractivity contribution in [2.75, 3.05) is 25.5 Å². The van der Waals surface area contributed by atoms with Crippen LogP contribution in [0.3, 0.4) is 0 Å². The van der Waals surface area contributed by atoms with Crippen LogP contribution in [-0.2, 0) is 15.6 Å². The summed E-state index contributed by atoms with van der Waals surface area (Å²) < 4.78 is 24.9. The fraction of sp³-hybridized carbons (Fsp3) is 0.375. The van der Waals surface area contributed by atoms with Crippen molar-refractivity contribution in [1.29, 1.82) is 0 Å². The van der Waals surface area contributed by atoms with Crippen LogP contribution in [0.1, 0.15) is 17.2 Å². The average Bonchev–Trinajstić information content (AvgIpc) is 2.92. The Hall–Kier alpha value is -1.99. The van der Waals surface area contributed by atoms with E-state index in [1.807, 2.05) is 37.4 Å². The molecular formula is C16H18N4O2S. The van der Waals surface area contributed by atoms with Crippen LogP contribution in [0, 0.1) is 0 Å². The van der Waals surface area contributed by atoms with Crippen LogP contribution in [0.4, 0.5) is 11.6 Å². The Morgan fingerprint density at radius 2 is 2.00 bits per heavy atom. The first-order valence-electron chi connectivity index (χ1n) is 7.61. The minimum atomic E-state index is -3.12. The minimum absolute atomic E-state index is 0.0446. The summed E-state index contributed by atoms with van der Waals surface area (Å²) in [6.45, 7) is 1.30. The molecule has 0 aliphatic carbocycles. The fourth-order valence-electron chi connectivity index (χ4n) is 3.48. The number of likely N-dealkylation sites (N-methyl/N-ethyl adjacent to an activating group) is 1. The molecule has 7 heteroatoms. The van der Waals surface area contributed by atoms with E-state index < -0.39 is 9.84 Å². The van der Waals surface area contributed by atoms with Gasteiger partial charge < -0.3 is 10.2 Å². The Morgan fingerprint density at radius 1 is 1.22 bits per heavy atom. The number of likely N-dealkylation sites (tertiary alicyclic amines) is 1. The van der Waals surface area contributed by atoms with E-state index in [1.165, 1.54) is 0 Å². The second-order valence-electron chi connectivity index (χ2n) is 6.27. The number of rotatable bonds is 2. The van der Waals surface area contributed by atoms with E-state index in [9.17, 15) is 8.42 Å². The summed E-state index contributed by atoms with van der Waals surface area (Å²) in [6.07, 6.45) is 1.65. The SMILES string of the molecule is CN1C[C@H]2c3nc(Nc4ccccc4)ncc3CS(=O)(=O)[C@H]2C1. The van der Waals surface area contributed by atoms with Gasteiger partial charge in [-0.1, -0.05) is 18.2 Å². The van der Waals surface area contributed by atoms with Crippen LogP contribution < -0.4 is 5.32 Å². The summed E-state index contributed by atoms with van der Waals surface area (Å²) in [6, 6.07) is 9.71. The monoisotopic (exact) mass is 330 g/mol. The lowest BCUT2D eigenvalue weighted by Crippen LogP contribution is -2.35. The molecule has 2 aliphatic rings. The number of hydrogen-bond donors (Lipinski definition) is 1. The molecule has 0 saturated carbocycles. The normalized spacial score (nSPS) is 25.6. The van der Waals surface area contributed by atoms with E-state index >= 15 is 0 Å². The maximum absolute atomic E-state index is 12.4. The van der Waals surface area contributed by atoms with Crippen LogP contribution in [0.5, 0.6) is 0 Å². The molecule has 2 atom stereocenters. The number of fused-ring (bicyclic) bond motifs is 3. The molecule has 0 amide bonds. The largest absolute Gasteiger partial charge is 0.324 e. The smallest absolute Gasteiger partial charge is 0.227 e. The van der Waals surface area contributed by atoms with E-state index in [1.54, 1.807) is 6.20 Å². The van der Waals surface area contributed by atoms with Crippen molar-refractivity contribution >= 4 is 21.5 Å². The Balaban J connectivity index is 1.71. The molecule has 0 unspecified atom stereocenters. The second kappa shape index (κ2) is 5.28. The summed E-state index contributed by atoms with van der Waals surface area (Å²) in [4.78, 5) is 11.0. The van der Waals surface area contributed by atoms with Gasteiger partial charge >= 0.3 is 0 Å². The quantitative estimate of drug-likeness (QED) is 0.900. The van der Waals surface area contributed by atoms with E-state index in [2.05, 4.69) is 20.2 Å². The van der Waals surface area contributed by atoms with Crippen molar-refractivity contribution in [3.05, 3.63) is 47.8 Å². The van der Waals surface area contributed by atoms with Gasteiger partial charge in [-0.15, -0.1) is 0 Å². The molecule has 3 heterocycles. The van der Waals surface area contributed by atoms with Gasteiger partial charge in [-0.3, -0.25) is 0 Å². The first kappa shape index (κ1) is 14.6. The van der Waals surface area contributed by atoms with Crippen molar-refractivity contribution in [2.24, 2.45) is 0 Å². The standard InChI is InChI=1S/C16H18N4O2S/c1-20-8-13-14(9-20)23(21,22)10-11-7-17-16(19-15(11)13)18-12-5-3-2-4-6-12/h2-7,13-14H,8-10H2,1H3,(H,17,18,19)/t13-,14+/m1/s1. The van der Waals surface area contributed by atoms with Gasteiger partial charge in [0.1, 0.15) is 0 Å². The predicted octanol–water partition coefficient (Wildman–Crippen LogP) is 1.55. The van der Waals surface area contributed by atoms with Crippen molar-refractivity contribution in [2.45, 2.75) is 16.9 Å². The summed E-state index contributed by atoms with van der Waals surface area (Å²) in [5.41, 5.74) is 2.53. The zero-order valence-electron chi connectivity index (χ0n) is 12.8. The molecule has 2 aromatic rings. The zero-order chi connectivity index (χ0) is 16.0. The number of benzene rings is 1. The van der Waals surface area contributed by atoms with E-state index in [-0.39, 0.29) is 16.9 Å². The third-order valence-electron chi connectivity index (χ3n) is 4.55. The molecule has 1 aromatic heterocycles. The maximum atomic E-state index is 12.4. The third-order valence-corrected chi connectivity index (χ3v) is 6.66. The zero-order valence-corrected chi connectivity index (χ0v) is 13.6. The van der Waals surface area contributed by atoms with Gasteiger partial charge in [0.15, 0.2) is 9.84 Å². The number of hydrogen-bond acceptors (Lipinski definition) is 6. The van der Waals surface area contributed by atoms with Crippen LogP contribution in [-0.4, -0.2) is 48.7 Å². The molecule has 120 valence electrons. The molecule has 0 radical (unpaired) electrons. The molecule has 1 N–H and O–H groups in total. The molecular weight excluding hydrogens is 312 g/mol.